The molecule has 0 amide bonds. The van der Waals surface area contributed by atoms with Gasteiger partial charge in [0.05, 0.1) is 6.61 Å². The van der Waals surface area contributed by atoms with Crippen LogP contribution >= 0.6 is 0 Å². The molecule has 1 aliphatic rings. The Morgan fingerprint density at radius 2 is 2.06 bits per heavy atom. The van der Waals surface area contributed by atoms with Gasteiger partial charge in [0.25, 0.3) is 0 Å². The lowest BCUT2D eigenvalue weighted by Crippen LogP contribution is -2.42. The maximum absolute atomic E-state index is 13.3. The fourth-order valence-electron chi connectivity index (χ4n) is 1.81. The van der Waals surface area contributed by atoms with Crippen LogP contribution in [0.15, 0.2) is 18.2 Å². The second-order valence-electron chi connectivity index (χ2n) is 4.42. The van der Waals surface area contributed by atoms with Gasteiger partial charge in [-0.05, 0) is 25.5 Å². The molecule has 4 heteroatoms. The lowest BCUT2D eigenvalue weighted by molar-refractivity contribution is 0.171. The Morgan fingerprint density at radius 3 is 2.62 bits per heavy atom. The second kappa shape index (κ2) is 4.47. The zero-order valence-corrected chi connectivity index (χ0v) is 9.22. The Balaban J connectivity index is 2.04. The topological polar surface area (TPSA) is 21.3 Å². The van der Waals surface area contributed by atoms with E-state index >= 15 is 0 Å². The largest absolute Gasteiger partial charge is 0.379 e. The Morgan fingerprint density at radius 1 is 1.38 bits per heavy atom. The van der Waals surface area contributed by atoms with Crippen molar-refractivity contribution in [2.75, 3.05) is 13.2 Å². The molecule has 1 atom stereocenters. The van der Waals surface area contributed by atoms with Crippen LogP contribution < -0.4 is 5.32 Å². The van der Waals surface area contributed by atoms with Gasteiger partial charge in [-0.2, -0.15) is 0 Å². The highest BCUT2D eigenvalue weighted by Gasteiger charge is 2.29. The van der Waals surface area contributed by atoms with Crippen molar-refractivity contribution in [3.05, 3.63) is 35.4 Å². The molecular formula is C12H15F2NO. The molecule has 1 saturated heterocycles. The van der Waals surface area contributed by atoms with Crippen molar-refractivity contribution in [3.63, 3.8) is 0 Å². The van der Waals surface area contributed by atoms with E-state index in [4.69, 9.17) is 4.74 Å². The minimum absolute atomic E-state index is 0.0932. The third-order valence-electron chi connectivity index (χ3n) is 2.97. The summed E-state index contributed by atoms with van der Waals surface area (Å²) < 4.78 is 31.9. The summed E-state index contributed by atoms with van der Waals surface area (Å²) in [5, 5.41) is 3.15. The molecular weight excluding hydrogens is 212 g/mol. The van der Waals surface area contributed by atoms with Crippen molar-refractivity contribution in [2.45, 2.75) is 25.4 Å². The van der Waals surface area contributed by atoms with Crippen LogP contribution in [0.5, 0.6) is 0 Å². The molecule has 0 aliphatic carbocycles. The summed E-state index contributed by atoms with van der Waals surface area (Å²) in [4.78, 5) is 0. The fraction of sp³-hybridized carbons (Fsp3) is 0.500. The molecule has 0 saturated carbocycles. The molecule has 1 aliphatic heterocycles. The average molecular weight is 227 g/mol. The first-order chi connectivity index (χ1) is 7.61. The first-order valence-corrected chi connectivity index (χ1v) is 5.36. The molecule has 1 N–H and O–H groups in total. The molecule has 0 spiro atoms. The van der Waals surface area contributed by atoms with Crippen molar-refractivity contribution >= 4 is 0 Å². The van der Waals surface area contributed by atoms with Gasteiger partial charge in [0.2, 0.25) is 0 Å². The van der Waals surface area contributed by atoms with Gasteiger partial charge in [-0.25, -0.2) is 8.78 Å². The quantitative estimate of drug-likeness (QED) is 0.855. The maximum atomic E-state index is 13.3. The van der Waals surface area contributed by atoms with Crippen LogP contribution in [-0.2, 0) is 11.3 Å². The van der Waals surface area contributed by atoms with E-state index in [-0.39, 0.29) is 17.6 Å². The molecule has 1 fully saturated rings. The van der Waals surface area contributed by atoms with Crippen LogP contribution in [0.25, 0.3) is 0 Å². The molecule has 0 aromatic heterocycles. The van der Waals surface area contributed by atoms with Gasteiger partial charge in [-0.1, -0.05) is 6.07 Å². The lowest BCUT2D eigenvalue weighted by Gasteiger charge is -2.23. The number of hydrogen-bond acceptors (Lipinski definition) is 2. The van der Waals surface area contributed by atoms with E-state index in [1.807, 2.05) is 6.92 Å². The lowest BCUT2D eigenvalue weighted by atomic mass is 10.0. The Kier molecular flexibility index (Phi) is 3.21. The SMILES string of the molecule is CC1(NCc2c(F)cccc2F)CCOC1. The average Bonchev–Trinajstić information content (AvgIpc) is 2.65. The summed E-state index contributed by atoms with van der Waals surface area (Å²) in [6.07, 6.45) is 0.864. The third kappa shape index (κ3) is 2.39. The maximum Gasteiger partial charge on any atom is 0.130 e. The van der Waals surface area contributed by atoms with Crippen LogP contribution in [-0.4, -0.2) is 18.8 Å². The standard InChI is InChI=1S/C12H15F2NO/c1-12(5-6-16-8-12)15-7-9-10(13)3-2-4-11(9)14/h2-4,15H,5-8H2,1H3. The zero-order chi connectivity index (χ0) is 11.6. The molecule has 2 nitrogen and oxygen atoms in total. The third-order valence-corrected chi connectivity index (χ3v) is 2.97. The van der Waals surface area contributed by atoms with Crippen molar-refractivity contribution in [1.82, 2.24) is 5.32 Å². The molecule has 0 radical (unpaired) electrons. The smallest absolute Gasteiger partial charge is 0.130 e. The molecule has 2 rings (SSSR count). The zero-order valence-electron chi connectivity index (χ0n) is 9.22. The summed E-state index contributed by atoms with van der Waals surface area (Å²) in [6, 6.07) is 3.91. The highest BCUT2D eigenvalue weighted by atomic mass is 19.1. The predicted octanol–water partition coefficient (Wildman–Crippen LogP) is 2.23. The first kappa shape index (κ1) is 11.5. The van der Waals surface area contributed by atoms with Crippen molar-refractivity contribution in [1.29, 1.82) is 0 Å². The molecule has 16 heavy (non-hydrogen) atoms. The first-order valence-electron chi connectivity index (χ1n) is 5.36. The predicted molar refractivity (Wildman–Crippen MR) is 57.0 cm³/mol. The van der Waals surface area contributed by atoms with Gasteiger partial charge >= 0.3 is 0 Å². The van der Waals surface area contributed by atoms with E-state index in [9.17, 15) is 8.78 Å². The number of benzene rings is 1. The molecule has 1 unspecified atom stereocenters. The van der Waals surface area contributed by atoms with E-state index in [0.29, 0.717) is 13.2 Å². The van der Waals surface area contributed by atoms with Crippen LogP contribution in [0.2, 0.25) is 0 Å². The van der Waals surface area contributed by atoms with Crippen molar-refractivity contribution in [2.24, 2.45) is 0 Å². The normalized spacial score (nSPS) is 24.9. The van der Waals surface area contributed by atoms with Crippen LogP contribution in [0.4, 0.5) is 8.78 Å². The van der Waals surface area contributed by atoms with Gasteiger partial charge in [-0.15, -0.1) is 0 Å². The number of ether oxygens (including phenoxy) is 1. The van der Waals surface area contributed by atoms with Crippen LogP contribution in [0, 0.1) is 11.6 Å². The summed E-state index contributed by atoms with van der Waals surface area (Å²) in [5.74, 6) is -1.01. The second-order valence-corrected chi connectivity index (χ2v) is 4.42. The van der Waals surface area contributed by atoms with Crippen molar-refractivity contribution in [3.8, 4) is 0 Å². The highest BCUT2D eigenvalue weighted by molar-refractivity contribution is 5.19. The summed E-state index contributed by atoms with van der Waals surface area (Å²) in [5.41, 5.74) is -0.0787. The minimum atomic E-state index is -0.505. The van der Waals surface area contributed by atoms with E-state index in [1.165, 1.54) is 18.2 Å². The molecule has 1 aromatic rings. The van der Waals surface area contributed by atoms with E-state index < -0.39 is 11.6 Å². The molecule has 1 heterocycles. The van der Waals surface area contributed by atoms with Crippen molar-refractivity contribution < 1.29 is 13.5 Å². The molecule has 88 valence electrons. The number of rotatable bonds is 3. The Hall–Kier alpha value is -1.00. The number of hydrogen-bond donors (Lipinski definition) is 1. The minimum Gasteiger partial charge on any atom is -0.379 e. The van der Waals surface area contributed by atoms with E-state index in [2.05, 4.69) is 5.32 Å². The summed E-state index contributed by atoms with van der Waals surface area (Å²) in [7, 11) is 0. The number of nitrogens with one attached hydrogen (secondary N) is 1. The highest BCUT2D eigenvalue weighted by Crippen LogP contribution is 2.19. The Bertz CT molecular complexity index is 355. The monoisotopic (exact) mass is 227 g/mol. The van der Waals surface area contributed by atoms with Gasteiger partial charge in [0, 0.05) is 24.3 Å². The van der Waals surface area contributed by atoms with Gasteiger partial charge in [-0.3, -0.25) is 0 Å². The van der Waals surface area contributed by atoms with Crippen LogP contribution in [0.3, 0.4) is 0 Å². The van der Waals surface area contributed by atoms with Gasteiger partial charge < -0.3 is 10.1 Å². The van der Waals surface area contributed by atoms with Crippen LogP contribution in [0.1, 0.15) is 18.9 Å². The van der Waals surface area contributed by atoms with E-state index in [1.54, 1.807) is 0 Å². The van der Waals surface area contributed by atoms with Gasteiger partial charge in [0.15, 0.2) is 0 Å². The number of halogens is 2. The molecule has 0 bridgehead atoms. The molecule has 1 aromatic carbocycles. The summed E-state index contributed by atoms with van der Waals surface area (Å²) in [6.45, 7) is 3.48. The van der Waals surface area contributed by atoms with Gasteiger partial charge in [0.1, 0.15) is 11.6 Å². The fourth-order valence-corrected chi connectivity index (χ4v) is 1.81. The van der Waals surface area contributed by atoms with E-state index in [0.717, 1.165) is 6.42 Å². The Labute approximate surface area is 93.6 Å². The summed E-state index contributed by atoms with van der Waals surface area (Å²) >= 11 is 0.